The lowest BCUT2D eigenvalue weighted by Gasteiger charge is -2.54. The number of hydrogen-bond acceptors (Lipinski definition) is 6. The van der Waals surface area contributed by atoms with Crippen LogP contribution in [0.15, 0.2) is 91.0 Å². The van der Waals surface area contributed by atoms with Crippen molar-refractivity contribution in [2.75, 3.05) is 6.61 Å². The van der Waals surface area contributed by atoms with E-state index in [2.05, 4.69) is 27.7 Å². The van der Waals surface area contributed by atoms with Gasteiger partial charge in [-0.25, -0.2) is 9.59 Å². The predicted octanol–water partition coefficient (Wildman–Crippen LogP) is 6.39. The van der Waals surface area contributed by atoms with Crippen molar-refractivity contribution >= 4 is 11.9 Å². The summed E-state index contributed by atoms with van der Waals surface area (Å²) in [5.74, 6) is -0.711. The maximum atomic E-state index is 12.7. The predicted molar refractivity (Wildman–Crippen MR) is 142 cm³/mol. The van der Waals surface area contributed by atoms with Gasteiger partial charge in [-0.15, -0.1) is 0 Å². The summed E-state index contributed by atoms with van der Waals surface area (Å²) in [6.45, 7) is 8.38. The highest BCUT2D eigenvalue weighted by atomic mass is 16.7. The number of esters is 2. The number of benzene rings is 3. The van der Waals surface area contributed by atoms with Gasteiger partial charge in [0.05, 0.1) is 11.1 Å². The summed E-state index contributed by atoms with van der Waals surface area (Å²) >= 11 is 0. The summed E-state index contributed by atoms with van der Waals surface area (Å²) in [5, 5.41) is 1.99. The second-order valence-corrected chi connectivity index (χ2v) is 10.7. The normalized spacial score (nSPS) is 18.1. The molecule has 1 heterocycles. The number of nitrogens with zero attached hydrogens (tertiary/aromatic N) is 1. The molecule has 3 aromatic carbocycles. The molecule has 1 aliphatic heterocycles. The van der Waals surface area contributed by atoms with E-state index < -0.39 is 23.2 Å². The Bertz CT molecular complexity index is 1160. The Morgan fingerprint density at radius 3 is 1.73 bits per heavy atom. The zero-order valence-corrected chi connectivity index (χ0v) is 21.9. The van der Waals surface area contributed by atoms with E-state index in [0.29, 0.717) is 24.0 Å². The third-order valence-corrected chi connectivity index (χ3v) is 6.62. The topological polar surface area (TPSA) is 65.1 Å². The first-order chi connectivity index (χ1) is 17.7. The number of ether oxygens (including phenoxy) is 2. The summed E-state index contributed by atoms with van der Waals surface area (Å²) in [5.41, 5.74) is 1.03. The van der Waals surface area contributed by atoms with E-state index >= 15 is 0 Å². The van der Waals surface area contributed by atoms with Gasteiger partial charge in [0.1, 0.15) is 18.8 Å². The molecule has 3 aromatic rings. The summed E-state index contributed by atoms with van der Waals surface area (Å²) in [6, 6.07) is 27.7. The van der Waals surface area contributed by atoms with Crippen LogP contribution in [0.1, 0.15) is 72.9 Å². The molecule has 0 bridgehead atoms. The molecule has 0 aliphatic carbocycles. The fourth-order valence-corrected chi connectivity index (χ4v) is 5.13. The number of rotatable bonds is 8. The van der Waals surface area contributed by atoms with Crippen molar-refractivity contribution in [2.45, 2.75) is 63.8 Å². The summed E-state index contributed by atoms with van der Waals surface area (Å²) < 4.78 is 11.6. The third kappa shape index (κ3) is 6.64. The fraction of sp³-hybridized carbons (Fsp3) is 0.355. The van der Waals surface area contributed by atoms with Crippen LogP contribution in [0.3, 0.4) is 0 Å². The maximum Gasteiger partial charge on any atom is 0.338 e. The van der Waals surface area contributed by atoms with Gasteiger partial charge in [0, 0.05) is 23.9 Å². The summed E-state index contributed by atoms with van der Waals surface area (Å²) in [6.07, 6.45) is 0.431. The maximum absolute atomic E-state index is 12.7. The second-order valence-electron chi connectivity index (χ2n) is 10.7. The molecule has 6 heteroatoms. The van der Waals surface area contributed by atoms with Crippen LogP contribution >= 0.6 is 0 Å². The van der Waals surface area contributed by atoms with Gasteiger partial charge in [-0.2, -0.15) is 5.06 Å². The Morgan fingerprint density at radius 1 is 0.757 bits per heavy atom. The molecule has 1 unspecified atom stereocenters. The first kappa shape index (κ1) is 26.6. The monoisotopic (exact) mass is 501 g/mol. The Balaban J connectivity index is 1.49. The van der Waals surface area contributed by atoms with Gasteiger partial charge in [-0.1, -0.05) is 66.7 Å². The van der Waals surface area contributed by atoms with Gasteiger partial charge < -0.3 is 9.47 Å². The molecular formula is C31H35NO5. The zero-order valence-electron chi connectivity index (χ0n) is 21.9. The molecule has 0 saturated carbocycles. The van der Waals surface area contributed by atoms with Crippen molar-refractivity contribution in [1.29, 1.82) is 0 Å². The number of hydrogen-bond donors (Lipinski definition) is 0. The molecule has 4 rings (SSSR count). The number of carbonyl (C=O) groups is 2. The minimum Gasteiger partial charge on any atom is -0.459 e. The van der Waals surface area contributed by atoms with Crippen LogP contribution in [-0.4, -0.2) is 40.8 Å². The van der Waals surface area contributed by atoms with E-state index in [1.807, 2.05) is 71.8 Å². The minimum absolute atomic E-state index is 0.0623. The summed E-state index contributed by atoms with van der Waals surface area (Å²) in [4.78, 5) is 32.0. The lowest BCUT2D eigenvalue weighted by Crippen LogP contribution is -2.62. The molecule has 0 spiro atoms. The largest absolute Gasteiger partial charge is 0.459 e. The first-order valence-corrected chi connectivity index (χ1v) is 12.7. The number of piperidine rings is 1. The van der Waals surface area contributed by atoms with Gasteiger partial charge in [-0.05, 0) is 57.5 Å². The Labute approximate surface area is 219 Å². The molecule has 0 N–H and O–H groups in total. The van der Waals surface area contributed by atoms with Crippen LogP contribution in [0.25, 0.3) is 0 Å². The first-order valence-electron chi connectivity index (χ1n) is 12.7. The van der Waals surface area contributed by atoms with Crippen LogP contribution in [-0.2, 0) is 14.3 Å². The molecule has 1 atom stereocenters. The number of carbonyl (C=O) groups excluding carboxylic acids is 2. The zero-order chi connectivity index (χ0) is 26.5. The van der Waals surface area contributed by atoms with Gasteiger partial charge in [0.2, 0.25) is 0 Å². The molecule has 0 radical (unpaired) electrons. The van der Waals surface area contributed by atoms with E-state index in [1.54, 1.807) is 24.3 Å². The third-order valence-electron chi connectivity index (χ3n) is 6.62. The lowest BCUT2D eigenvalue weighted by molar-refractivity contribution is -0.319. The SMILES string of the molecule is CC1(C)CC(OC(=O)c2ccccc2)CC(C)(C)N1OC(COC(=O)c1ccccc1)c1ccccc1. The van der Waals surface area contributed by atoms with Crippen LogP contribution < -0.4 is 0 Å². The Morgan fingerprint density at radius 2 is 1.22 bits per heavy atom. The van der Waals surface area contributed by atoms with Crippen molar-refractivity contribution in [3.8, 4) is 0 Å². The Kier molecular flexibility index (Phi) is 8.10. The van der Waals surface area contributed by atoms with Crippen LogP contribution in [0.2, 0.25) is 0 Å². The molecular weight excluding hydrogens is 466 g/mol. The van der Waals surface area contributed by atoms with Crippen LogP contribution in [0.4, 0.5) is 0 Å². The van der Waals surface area contributed by atoms with Gasteiger partial charge >= 0.3 is 11.9 Å². The molecule has 37 heavy (non-hydrogen) atoms. The molecule has 1 fully saturated rings. The minimum atomic E-state index is -0.504. The van der Waals surface area contributed by atoms with E-state index in [9.17, 15) is 9.59 Å². The van der Waals surface area contributed by atoms with Gasteiger partial charge in [0.25, 0.3) is 0 Å². The lowest BCUT2D eigenvalue weighted by atomic mass is 9.80. The van der Waals surface area contributed by atoms with Crippen molar-refractivity contribution in [2.24, 2.45) is 0 Å². The molecule has 1 aliphatic rings. The highest BCUT2D eigenvalue weighted by Gasteiger charge is 2.49. The van der Waals surface area contributed by atoms with Crippen molar-refractivity contribution in [3.05, 3.63) is 108 Å². The van der Waals surface area contributed by atoms with Crippen LogP contribution in [0, 0.1) is 0 Å². The molecule has 1 saturated heterocycles. The van der Waals surface area contributed by atoms with Crippen molar-refractivity contribution in [3.63, 3.8) is 0 Å². The highest BCUT2D eigenvalue weighted by molar-refractivity contribution is 5.89. The number of hydroxylamine groups is 2. The molecule has 0 aromatic heterocycles. The molecule has 194 valence electrons. The second kappa shape index (κ2) is 11.3. The quantitative estimate of drug-likeness (QED) is 0.333. The van der Waals surface area contributed by atoms with Gasteiger partial charge in [0.15, 0.2) is 0 Å². The van der Waals surface area contributed by atoms with E-state index in [1.165, 1.54) is 0 Å². The van der Waals surface area contributed by atoms with E-state index in [4.69, 9.17) is 14.3 Å². The Hall–Kier alpha value is -3.48. The highest BCUT2D eigenvalue weighted by Crippen LogP contribution is 2.42. The van der Waals surface area contributed by atoms with Crippen LogP contribution in [0.5, 0.6) is 0 Å². The standard InChI is InChI=1S/C31H35NO5/c1-30(2)20-26(36-29(34)25-18-12-7-13-19-25)21-31(3,4)32(30)37-27(23-14-8-5-9-15-23)22-35-28(33)24-16-10-6-11-17-24/h5-19,26-27H,20-22H2,1-4H3. The average Bonchev–Trinajstić information content (AvgIpc) is 2.88. The smallest absolute Gasteiger partial charge is 0.338 e. The molecule has 0 amide bonds. The average molecular weight is 502 g/mol. The van der Waals surface area contributed by atoms with Gasteiger partial charge in [-0.3, -0.25) is 4.84 Å². The molecule has 6 nitrogen and oxygen atoms in total. The van der Waals surface area contributed by atoms with Crippen molar-refractivity contribution < 1.29 is 23.9 Å². The summed E-state index contributed by atoms with van der Waals surface area (Å²) in [7, 11) is 0. The fourth-order valence-electron chi connectivity index (χ4n) is 5.13. The van der Waals surface area contributed by atoms with E-state index in [-0.39, 0.29) is 18.7 Å². The van der Waals surface area contributed by atoms with Crippen molar-refractivity contribution in [1.82, 2.24) is 5.06 Å². The van der Waals surface area contributed by atoms with E-state index in [0.717, 1.165) is 5.56 Å².